The van der Waals surface area contributed by atoms with E-state index in [1.807, 2.05) is 31.2 Å². The van der Waals surface area contributed by atoms with Gasteiger partial charge in [-0.3, -0.25) is 4.79 Å². The Morgan fingerprint density at radius 3 is 2.48 bits per heavy atom. The minimum absolute atomic E-state index is 0.0229. The second kappa shape index (κ2) is 7.28. The summed E-state index contributed by atoms with van der Waals surface area (Å²) in [6, 6.07) is 14.2. The quantitative estimate of drug-likeness (QED) is 0.848. The van der Waals surface area contributed by atoms with Crippen LogP contribution in [0.2, 0.25) is 0 Å². The molecule has 25 heavy (non-hydrogen) atoms. The summed E-state index contributed by atoms with van der Waals surface area (Å²) in [5, 5.41) is 6.27. The average molecular weight is 338 g/mol. The molecule has 1 aliphatic rings. The van der Waals surface area contributed by atoms with Gasteiger partial charge in [0.2, 0.25) is 0 Å². The zero-order valence-electron chi connectivity index (χ0n) is 15.2. The summed E-state index contributed by atoms with van der Waals surface area (Å²) in [5.74, 6) is 0.986. The van der Waals surface area contributed by atoms with Crippen LogP contribution in [0.5, 0.6) is 5.75 Å². The summed E-state index contributed by atoms with van der Waals surface area (Å²) in [6.07, 6.45) is 0.956. The van der Waals surface area contributed by atoms with E-state index in [1.165, 1.54) is 16.7 Å². The molecule has 1 aliphatic heterocycles. The fourth-order valence-corrected chi connectivity index (χ4v) is 3.16. The number of hydrogen-bond donors (Lipinski definition) is 2. The lowest BCUT2D eigenvalue weighted by atomic mass is 10.0. The topological polar surface area (TPSA) is 50.4 Å². The molecule has 1 amide bonds. The van der Waals surface area contributed by atoms with Crippen LogP contribution >= 0.6 is 0 Å². The van der Waals surface area contributed by atoms with Crippen molar-refractivity contribution in [1.29, 1.82) is 0 Å². The smallest absolute Gasteiger partial charge is 0.251 e. The van der Waals surface area contributed by atoms with Gasteiger partial charge in [-0.1, -0.05) is 24.3 Å². The summed E-state index contributed by atoms with van der Waals surface area (Å²) < 4.78 is 5.92. The Morgan fingerprint density at radius 1 is 1.08 bits per heavy atom. The highest BCUT2D eigenvalue weighted by Gasteiger charge is 2.29. The molecule has 3 rings (SSSR count). The molecule has 2 N–H and O–H groups in total. The van der Waals surface area contributed by atoms with Crippen LogP contribution in [-0.2, 0) is 19.5 Å². The zero-order valence-corrected chi connectivity index (χ0v) is 15.2. The summed E-state index contributed by atoms with van der Waals surface area (Å²) in [4.78, 5) is 11.8. The van der Waals surface area contributed by atoms with E-state index in [0.717, 1.165) is 25.3 Å². The lowest BCUT2D eigenvalue weighted by Gasteiger charge is -2.16. The molecule has 0 atom stereocenters. The predicted molar refractivity (Wildman–Crippen MR) is 99.8 cm³/mol. The molecule has 1 heterocycles. The summed E-state index contributed by atoms with van der Waals surface area (Å²) >= 11 is 0. The van der Waals surface area contributed by atoms with Crippen LogP contribution in [0.3, 0.4) is 0 Å². The minimum atomic E-state index is -0.0970. The van der Waals surface area contributed by atoms with Gasteiger partial charge in [0.25, 0.3) is 5.91 Å². The van der Waals surface area contributed by atoms with Crippen molar-refractivity contribution in [3.05, 3.63) is 64.7 Å². The monoisotopic (exact) mass is 338 g/mol. The van der Waals surface area contributed by atoms with Crippen LogP contribution in [0.25, 0.3) is 0 Å². The van der Waals surface area contributed by atoms with E-state index in [4.69, 9.17) is 4.74 Å². The van der Waals surface area contributed by atoms with Crippen LogP contribution in [-0.4, -0.2) is 18.1 Å². The molecule has 4 nitrogen and oxygen atoms in total. The number of hydrogen-bond acceptors (Lipinski definition) is 3. The van der Waals surface area contributed by atoms with Crippen molar-refractivity contribution < 1.29 is 9.53 Å². The van der Waals surface area contributed by atoms with Crippen LogP contribution in [0.1, 0.15) is 47.8 Å². The first-order chi connectivity index (χ1) is 12.0. The zero-order chi connectivity index (χ0) is 17.9. The van der Waals surface area contributed by atoms with Gasteiger partial charge in [0.1, 0.15) is 11.4 Å². The molecule has 0 fully saturated rings. The van der Waals surface area contributed by atoms with Gasteiger partial charge < -0.3 is 15.4 Å². The third-order valence-electron chi connectivity index (χ3n) is 4.34. The molecule has 2 aromatic rings. The van der Waals surface area contributed by atoms with E-state index in [2.05, 4.69) is 42.7 Å². The molecule has 0 aliphatic carbocycles. The number of rotatable bonds is 6. The third-order valence-corrected chi connectivity index (χ3v) is 4.34. The van der Waals surface area contributed by atoms with Crippen molar-refractivity contribution in [3.63, 3.8) is 0 Å². The van der Waals surface area contributed by atoms with Crippen molar-refractivity contribution >= 4 is 5.91 Å². The van der Waals surface area contributed by atoms with E-state index < -0.39 is 0 Å². The Kier molecular flexibility index (Phi) is 5.09. The van der Waals surface area contributed by atoms with Crippen LogP contribution in [0.15, 0.2) is 42.5 Å². The maximum atomic E-state index is 11.8. The second-order valence-electron chi connectivity index (χ2n) is 7.14. The van der Waals surface area contributed by atoms with Gasteiger partial charge in [-0.15, -0.1) is 0 Å². The lowest BCUT2D eigenvalue weighted by molar-refractivity contribution is 0.0955. The molecule has 0 spiro atoms. The summed E-state index contributed by atoms with van der Waals surface area (Å²) in [7, 11) is 0. The maximum absolute atomic E-state index is 11.8. The molecule has 0 bridgehead atoms. The first kappa shape index (κ1) is 17.5. The first-order valence-corrected chi connectivity index (χ1v) is 8.85. The molecular weight excluding hydrogens is 312 g/mol. The highest BCUT2D eigenvalue weighted by Crippen LogP contribution is 2.35. The Bertz CT molecular complexity index is 751. The van der Waals surface area contributed by atoms with Crippen molar-refractivity contribution in [2.45, 2.75) is 45.9 Å². The Morgan fingerprint density at radius 2 is 1.76 bits per heavy atom. The molecule has 4 heteroatoms. The van der Waals surface area contributed by atoms with E-state index >= 15 is 0 Å². The molecule has 0 saturated heterocycles. The molecule has 0 unspecified atom stereocenters. The van der Waals surface area contributed by atoms with E-state index in [-0.39, 0.29) is 11.5 Å². The van der Waals surface area contributed by atoms with Gasteiger partial charge in [0, 0.05) is 31.6 Å². The Labute approximate surface area is 149 Å². The lowest BCUT2D eigenvalue weighted by Crippen LogP contribution is -2.24. The van der Waals surface area contributed by atoms with Gasteiger partial charge in [-0.05, 0) is 55.7 Å². The average Bonchev–Trinajstić information content (AvgIpc) is 2.89. The standard InChI is InChI=1S/C21H26N2O2/c1-4-23-20(24)17-8-5-15(6-9-17)13-22-14-16-7-10-19-18(11-16)12-21(2,3)25-19/h5-11,22H,4,12-14H2,1-3H3,(H,23,24). The summed E-state index contributed by atoms with van der Waals surface area (Å²) in [5.41, 5.74) is 4.32. The summed E-state index contributed by atoms with van der Waals surface area (Å²) in [6.45, 7) is 8.39. The number of benzene rings is 2. The van der Waals surface area contributed by atoms with E-state index in [0.29, 0.717) is 12.1 Å². The SMILES string of the molecule is CCNC(=O)c1ccc(CNCc2ccc3c(c2)CC(C)(C)O3)cc1. The first-order valence-electron chi connectivity index (χ1n) is 8.85. The molecule has 132 valence electrons. The van der Waals surface area contributed by atoms with Crippen LogP contribution in [0, 0.1) is 0 Å². The number of carbonyl (C=O) groups is 1. The Balaban J connectivity index is 1.53. The number of amides is 1. The number of carbonyl (C=O) groups excluding carboxylic acids is 1. The van der Waals surface area contributed by atoms with Gasteiger partial charge in [0.15, 0.2) is 0 Å². The highest BCUT2D eigenvalue weighted by atomic mass is 16.5. The largest absolute Gasteiger partial charge is 0.487 e. The van der Waals surface area contributed by atoms with Gasteiger partial charge in [-0.2, -0.15) is 0 Å². The highest BCUT2D eigenvalue weighted by molar-refractivity contribution is 5.94. The molecule has 0 aromatic heterocycles. The van der Waals surface area contributed by atoms with E-state index in [1.54, 1.807) is 0 Å². The number of fused-ring (bicyclic) bond motifs is 1. The molecular formula is C21H26N2O2. The van der Waals surface area contributed by atoms with Crippen molar-refractivity contribution in [1.82, 2.24) is 10.6 Å². The molecule has 0 radical (unpaired) electrons. The maximum Gasteiger partial charge on any atom is 0.251 e. The number of ether oxygens (including phenoxy) is 1. The van der Waals surface area contributed by atoms with Crippen molar-refractivity contribution in [2.75, 3.05) is 6.54 Å². The van der Waals surface area contributed by atoms with Crippen molar-refractivity contribution in [3.8, 4) is 5.75 Å². The third kappa shape index (κ3) is 4.40. The Hall–Kier alpha value is -2.33. The van der Waals surface area contributed by atoms with Crippen LogP contribution in [0.4, 0.5) is 0 Å². The molecule has 0 saturated carbocycles. The minimum Gasteiger partial charge on any atom is -0.487 e. The van der Waals surface area contributed by atoms with Gasteiger partial charge in [-0.25, -0.2) is 0 Å². The fourth-order valence-electron chi connectivity index (χ4n) is 3.16. The van der Waals surface area contributed by atoms with E-state index in [9.17, 15) is 4.79 Å². The second-order valence-corrected chi connectivity index (χ2v) is 7.14. The normalized spacial score (nSPS) is 14.7. The fraction of sp³-hybridized carbons (Fsp3) is 0.381. The molecule has 2 aromatic carbocycles. The van der Waals surface area contributed by atoms with Crippen LogP contribution < -0.4 is 15.4 Å². The number of nitrogens with one attached hydrogen (secondary N) is 2. The van der Waals surface area contributed by atoms with Gasteiger partial charge >= 0.3 is 0 Å². The van der Waals surface area contributed by atoms with Crippen molar-refractivity contribution in [2.24, 2.45) is 0 Å². The predicted octanol–water partition coefficient (Wildman–Crippen LogP) is 3.44. The van der Waals surface area contributed by atoms with Gasteiger partial charge in [0.05, 0.1) is 0 Å².